The molecule has 1 amide bonds. The van der Waals surface area contributed by atoms with Gasteiger partial charge in [0.15, 0.2) is 0 Å². The Hall–Kier alpha value is -0.610. The molecule has 1 N–H and O–H groups in total. The molecule has 0 saturated carbocycles. The maximum atomic E-state index is 11.9. The van der Waals surface area contributed by atoms with E-state index in [1.54, 1.807) is 0 Å². The molecule has 0 bridgehead atoms. The van der Waals surface area contributed by atoms with E-state index in [1.165, 1.54) is 12.8 Å². The van der Waals surface area contributed by atoms with E-state index in [0.29, 0.717) is 12.3 Å². The fourth-order valence-corrected chi connectivity index (χ4v) is 1.98. The molecular weight excluding hydrogens is 202 g/mol. The summed E-state index contributed by atoms with van der Waals surface area (Å²) in [6, 6.07) is 0. The molecule has 1 heterocycles. The van der Waals surface area contributed by atoms with Crippen LogP contribution in [-0.4, -0.2) is 63.0 Å². The monoisotopic (exact) mass is 227 g/mol. The fourth-order valence-electron chi connectivity index (χ4n) is 1.98. The van der Waals surface area contributed by atoms with Gasteiger partial charge in [0.05, 0.1) is 0 Å². The number of carbonyl (C=O) groups is 1. The average Bonchev–Trinajstić information content (AvgIpc) is 2.27. The zero-order valence-corrected chi connectivity index (χ0v) is 10.8. The summed E-state index contributed by atoms with van der Waals surface area (Å²) in [6.07, 6.45) is 3.11. The van der Waals surface area contributed by atoms with E-state index in [0.717, 1.165) is 26.2 Å². The van der Waals surface area contributed by atoms with Gasteiger partial charge in [0.2, 0.25) is 5.91 Å². The minimum atomic E-state index is 0.288. The van der Waals surface area contributed by atoms with Gasteiger partial charge in [0.25, 0.3) is 0 Å². The molecule has 4 heteroatoms. The number of nitrogens with zero attached hydrogens (tertiary/aromatic N) is 2. The fraction of sp³-hybridized carbons (Fsp3) is 0.917. The van der Waals surface area contributed by atoms with Crippen LogP contribution in [-0.2, 0) is 4.79 Å². The third kappa shape index (κ3) is 4.94. The van der Waals surface area contributed by atoms with Crippen LogP contribution in [0.1, 0.15) is 19.3 Å². The lowest BCUT2D eigenvalue weighted by Crippen LogP contribution is -2.37. The molecule has 0 aromatic rings. The van der Waals surface area contributed by atoms with E-state index in [2.05, 4.69) is 10.2 Å². The molecule has 4 nitrogen and oxygen atoms in total. The van der Waals surface area contributed by atoms with Crippen molar-refractivity contribution in [1.82, 2.24) is 15.1 Å². The van der Waals surface area contributed by atoms with Gasteiger partial charge in [-0.25, -0.2) is 0 Å². The summed E-state index contributed by atoms with van der Waals surface area (Å²) in [5, 5.41) is 3.35. The van der Waals surface area contributed by atoms with Crippen molar-refractivity contribution < 1.29 is 4.79 Å². The van der Waals surface area contributed by atoms with Gasteiger partial charge >= 0.3 is 0 Å². The molecule has 1 fully saturated rings. The average molecular weight is 227 g/mol. The van der Waals surface area contributed by atoms with Crippen molar-refractivity contribution in [1.29, 1.82) is 0 Å². The largest absolute Gasteiger partial charge is 0.344 e. The van der Waals surface area contributed by atoms with E-state index in [1.807, 2.05) is 26.0 Å². The molecule has 16 heavy (non-hydrogen) atoms. The first-order chi connectivity index (χ1) is 7.59. The molecular formula is C12H25N3O. The minimum absolute atomic E-state index is 0.288. The second kappa shape index (κ2) is 6.86. The number of hydrogen-bond acceptors (Lipinski definition) is 3. The molecule has 0 radical (unpaired) electrons. The van der Waals surface area contributed by atoms with Crippen LogP contribution < -0.4 is 5.32 Å². The molecule has 1 aliphatic heterocycles. The molecule has 0 aromatic carbocycles. The Morgan fingerprint density at radius 2 is 2.06 bits per heavy atom. The Bertz CT molecular complexity index is 212. The van der Waals surface area contributed by atoms with Crippen molar-refractivity contribution in [3.05, 3.63) is 0 Å². The van der Waals surface area contributed by atoms with Gasteiger partial charge in [-0.3, -0.25) is 4.79 Å². The number of nitrogens with one attached hydrogen (secondary N) is 1. The van der Waals surface area contributed by atoms with Crippen LogP contribution in [0, 0.1) is 5.92 Å². The predicted octanol–water partition coefficient (Wildman–Crippen LogP) is 0.396. The highest BCUT2D eigenvalue weighted by molar-refractivity contribution is 5.76. The Kier molecular flexibility index (Phi) is 5.77. The van der Waals surface area contributed by atoms with Crippen molar-refractivity contribution >= 4 is 5.91 Å². The first kappa shape index (κ1) is 13.5. The first-order valence-corrected chi connectivity index (χ1v) is 6.19. The Labute approximate surface area is 99.0 Å². The molecule has 1 atom stereocenters. The maximum absolute atomic E-state index is 11.9. The maximum Gasteiger partial charge on any atom is 0.222 e. The summed E-state index contributed by atoms with van der Waals surface area (Å²) in [4.78, 5) is 15.9. The van der Waals surface area contributed by atoms with Gasteiger partial charge in [-0.05, 0) is 45.9 Å². The molecule has 0 spiro atoms. The van der Waals surface area contributed by atoms with E-state index < -0.39 is 0 Å². The quantitative estimate of drug-likeness (QED) is 0.738. The highest BCUT2D eigenvalue weighted by Crippen LogP contribution is 2.14. The molecule has 0 aliphatic carbocycles. The lowest BCUT2D eigenvalue weighted by molar-refractivity contribution is -0.131. The van der Waals surface area contributed by atoms with E-state index >= 15 is 0 Å². The molecule has 1 rings (SSSR count). The first-order valence-electron chi connectivity index (χ1n) is 6.19. The smallest absolute Gasteiger partial charge is 0.222 e. The SMILES string of the molecule is CN(C)CCN(C)C(=O)CC1CCCNC1. The number of rotatable bonds is 5. The number of amides is 1. The zero-order valence-electron chi connectivity index (χ0n) is 10.8. The van der Waals surface area contributed by atoms with Crippen molar-refractivity contribution in [2.24, 2.45) is 5.92 Å². The highest BCUT2D eigenvalue weighted by Gasteiger charge is 2.18. The van der Waals surface area contributed by atoms with Crippen LogP contribution in [0.25, 0.3) is 0 Å². The summed E-state index contributed by atoms with van der Waals surface area (Å²) >= 11 is 0. The van der Waals surface area contributed by atoms with E-state index in [-0.39, 0.29) is 5.91 Å². The van der Waals surface area contributed by atoms with Crippen LogP contribution >= 0.6 is 0 Å². The van der Waals surface area contributed by atoms with Crippen LogP contribution in [0.2, 0.25) is 0 Å². The Morgan fingerprint density at radius 3 is 2.62 bits per heavy atom. The highest BCUT2D eigenvalue weighted by atomic mass is 16.2. The van der Waals surface area contributed by atoms with E-state index in [9.17, 15) is 4.79 Å². The van der Waals surface area contributed by atoms with Crippen LogP contribution in [0.5, 0.6) is 0 Å². The van der Waals surface area contributed by atoms with Crippen LogP contribution in [0.4, 0.5) is 0 Å². The zero-order chi connectivity index (χ0) is 12.0. The third-order valence-electron chi connectivity index (χ3n) is 3.17. The lowest BCUT2D eigenvalue weighted by atomic mass is 9.96. The van der Waals surface area contributed by atoms with Crippen LogP contribution in [0.3, 0.4) is 0 Å². The summed E-state index contributed by atoms with van der Waals surface area (Å²) in [5.74, 6) is 0.832. The summed E-state index contributed by atoms with van der Waals surface area (Å²) in [7, 11) is 5.97. The van der Waals surface area contributed by atoms with Crippen molar-refractivity contribution in [2.75, 3.05) is 47.3 Å². The van der Waals surface area contributed by atoms with Gasteiger partial charge in [0, 0.05) is 26.6 Å². The second-order valence-electron chi connectivity index (χ2n) is 5.04. The summed E-state index contributed by atoms with van der Waals surface area (Å²) in [5.41, 5.74) is 0. The lowest BCUT2D eigenvalue weighted by Gasteiger charge is -2.25. The number of carbonyl (C=O) groups excluding carboxylic acids is 1. The molecule has 1 unspecified atom stereocenters. The van der Waals surface area contributed by atoms with Gasteiger partial charge < -0.3 is 15.1 Å². The normalized spacial score (nSPS) is 21.1. The van der Waals surface area contributed by atoms with E-state index in [4.69, 9.17) is 0 Å². The van der Waals surface area contributed by atoms with Gasteiger partial charge in [0.1, 0.15) is 0 Å². The second-order valence-corrected chi connectivity index (χ2v) is 5.04. The van der Waals surface area contributed by atoms with Crippen molar-refractivity contribution in [3.8, 4) is 0 Å². The molecule has 1 aliphatic rings. The summed E-state index contributed by atoms with van der Waals surface area (Å²) in [6.45, 7) is 3.88. The topological polar surface area (TPSA) is 35.6 Å². The molecule has 1 saturated heterocycles. The van der Waals surface area contributed by atoms with Gasteiger partial charge in [-0.1, -0.05) is 0 Å². The van der Waals surface area contributed by atoms with Gasteiger partial charge in [-0.15, -0.1) is 0 Å². The van der Waals surface area contributed by atoms with Crippen molar-refractivity contribution in [3.63, 3.8) is 0 Å². The number of hydrogen-bond donors (Lipinski definition) is 1. The summed E-state index contributed by atoms with van der Waals surface area (Å²) < 4.78 is 0. The van der Waals surface area contributed by atoms with Crippen LogP contribution in [0.15, 0.2) is 0 Å². The number of piperidine rings is 1. The molecule has 0 aromatic heterocycles. The number of likely N-dealkylation sites (N-methyl/N-ethyl adjacent to an activating group) is 2. The molecule has 94 valence electrons. The Morgan fingerprint density at radius 1 is 1.31 bits per heavy atom. The van der Waals surface area contributed by atoms with Gasteiger partial charge in [-0.2, -0.15) is 0 Å². The third-order valence-corrected chi connectivity index (χ3v) is 3.17. The standard InChI is InChI=1S/C12H25N3O/c1-14(2)7-8-15(3)12(16)9-11-5-4-6-13-10-11/h11,13H,4-10H2,1-3H3. The predicted molar refractivity (Wildman–Crippen MR) is 66.4 cm³/mol. The minimum Gasteiger partial charge on any atom is -0.344 e. The Balaban J connectivity index is 2.22. The van der Waals surface area contributed by atoms with Crippen molar-refractivity contribution in [2.45, 2.75) is 19.3 Å².